The van der Waals surface area contributed by atoms with Gasteiger partial charge in [0.15, 0.2) is 0 Å². The number of benzene rings is 2. The van der Waals surface area contributed by atoms with Gasteiger partial charge in [-0.3, -0.25) is 0 Å². The minimum atomic E-state index is 1.00. The fourth-order valence-corrected chi connectivity index (χ4v) is 4.68. The lowest BCUT2D eigenvalue weighted by Crippen LogP contribution is -2.48. The fourth-order valence-electron chi connectivity index (χ4n) is 4.68. The maximum atomic E-state index is 5.21. The van der Waals surface area contributed by atoms with Gasteiger partial charge in [0.1, 0.15) is 11.6 Å². The van der Waals surface area contributed by atoms with E-state index in [0.29, 0.717) is 0 Å². The Hall–Kier alpha value is -2.79. The predicted molar refractivity (Wildman–Crippen MR) is 127 cm³/mol. The molecular formula is C25H31N5. The maximum Gasteiger partial charge on any atom is 0.138 e. The Morgan fingerprint density at radius 3 is 2.07 bits per heavy atom. The summed E-state index contributed by atoms with van der Waals surface area (Å²) in [5, 5.41) is 2.56. The largest absolute Gasteiger partial charge is 0.368 e. The van der Waals surface area contributed by atoms with Gasteiger partial charge in [-0.2, -0.15) is 0 Å². The van der Waals surface area contributed by atoms with Crippen molar-refractivity contribution in [2.45, 2.75) is 6.92 Å². The third-order valence-corrected chi connectivity index (χ3v) is 6.55. The molecule has 0 bridgehead atoms. The standard InChI is InChI=1S/C25H31N5/c1-2-27-12-14-30(15-13-27)25-23-11-7-6-8-21(23)20-24(26-25)29-18-16-28(17-19-29)22-9-4-3-5-10-22/h3-11,20H,2,12-19H2,1H3. The number of likely N-dealkylation sites (N-methyl/N-ethyl adjacent to an activating group) is 1. The lowest BCUT2D eigenvalue weighted by molar-refractivity contribution is 0.271. The summed E-state index contributed by atoms with van der Waals surface area (Å²) in [6, 6.07) is 21.7. The van der Waals surface area contributed by atoms with E-state index in [9.17, 15) is 0 Å². The second kappa shape index (κ2) is 8.52. The van der Waals surface area contributed by atoms with Crippen molar-refractivity contribution in [1.82, 2.24) is 9.88 Å². The van der Waals surface area contributed by atoms with Gasteiger partial charge >= 0.3 is 0 Å². The first-order valence-electron chi connectivity index (χ1n) is 11.2. The van der Waals surface area contributed by atoms with Crippen molar-refractivity contribution in [2.75, 3.05) is 73.6 Å². The average molecular weight is 402 g/mol. The molecule has 5 nitrogen and oxygen atoms in total. The van der Waals surface area contributed by atoms with E-state index in [1.807, 2.05) is 0 Å². The molecule has 3 heterocycles. The summed E-state index contributed by atoms with van der Waals surface area (Å²) in [7, 11) is 0. The molecule has 2 aromatic carbocycles. The third kappa shape index (κ3) is 3.82. The summed E-state index contributed by atoms with van der Waals surface area (Å²) < 4.78 is 0. The van der Waals surface area contributed by atoms with Crippen molar-refractivity contribution in [3.63, 3.8) is 0 Å². The van der Waals surface area contributed by atoms with Crippen LogP contribution in [0.5, 0.6) is 0 Å². The van der Waals surface area contributed by atoms with Crippen LogP contribution in [-0.4, -0.2) is 68.8 Å². The number of para-hydroxylation sites is 1. The molecular weight excluding hydrogens is 370 g/mol. The molecule has 30 heavy (non-hydrogen) atoms. The van der Waals surface area contributed by atoms with Crippen molar-refractivity contribution in [1.29, 1.82) is 0 Å². The molecule has 0 radical (unpaired) electrons. The Kier molecular flexibility index (Phi) is 5.45. The smallest absolute Gasteiger partial charge is 0.138 e. The van der Waals surface area contributed by atoms with E-state index in [1.165, 1.54) is 16.5 Å². The van der Waals surface area contributed by atoms with Crippen LogP contribution in [0.2, 0.25) is 0 Å². The number of hydrogen-bond acceptors (Lipinski definition) is 5. The molecule has 0 atom stereocenters. The Morgan fingerprint density at radius 2 is 1.33 bits per heavy atom. The van der Waals surface area contributed by atoms with Crippen molar-refractivity contribution >= 4 is 28.1 Å². The Morgan fingerprint density at radius 1 is 0.700 bits per heavy atom. The molecule has 5 heteroatoms. The molecule has 0 spiro atoms. The van der Waals surface area contributed by atoms with Gasteiger partial charge in [-0.1, -0.05) is 49.4 Å². The van der Waals surface area contributed by atoms with Crippen LogP contribution >= 0.6 is 0 Å². The van der Waals surface area contributed by atoms with Crippen molar-refractivity contribution in [2.24, 2.45) is 0 Å². The molecule has 2 aliphatic heterocycles. The number of rotatable bonds is 4. The van der Waals surface area contributed by atoms with Crippen LogP contribution in [0.15, 0.2) is 60.7 Å². The monoisotopic (exact) mass is 401 g/mol. The Bertz CT molecular complexity index is 973. The third-order valence-electron chi connectivity index (χ3n) is 6.55. The SMILES string of the molecule is CCN1CCN(c2nc(N3CCN(c4ccccc4)CC3)cc3ccccc23)CC1. The highest BCUT2D eigenvalue weighted by Gasteiger charge is 2.23. The summed E-state index contributed by atoms with van der Waals surface area (Å²) in [5.74, 6) is 2.28. The van der Waals surface area contributed by atoms with Gasteiger partial charge in [0, 0.05) is 63.4 Å². The molecule has 0 amide bonds. The van der Waals surface area contributed by atoms with Crippen LogP contribution in [0.3, 0.4) is 0 Å². The molecule has 2 saturated heterocycles. The van der Waals surface area contributed by atoms with Crippen LogP contribution in [0, 0.1) is 0 Å². The molecule has 0 saturated carbocycles. The zero-order chi connectivity index (χ0) is 20.3. The number of nitrogens with zero attached hydrogens (tertiary/aromatic N) is 5. The highest BCUT2D eigenvalue weighted by Crippen LogP contribution is 2.30. The molecule has 1 aromatic heterocycles. The van der Waals surface area contributed by atoms with Gasteiger partial charge in [-0.05, 0) is 30.1 Å². The lowest BCUT2D eigenvalue weighted by Gasteiger charge is -2.38. The molecule has 156 valence electrons. The number of piperazine rings is 2. The first-order valence-corrected chi connectivity index (χ1v) is 11.2. The molecule has 0 N–H and O–H groups in total. The second-order valence-electron chi connectivity index (χ2n) is 8.26. The topological polar surface area (TPSA) is 25.9 Å². The summed E-state index contributed by atoms with van der Waals surface area (Å²) in [5.41, 5.74) is 1.32. The Labute approximate surface area is 179 Å². The van der Waals surface area contributed by atoms with E-state index in [4.69, 9.17) is 4.98 Å². The van der Waals surface area contributed by atoms with E-state index in [2.05, 4.69) is 87.2 Å². The second-order valence-corrected chi connectivity index (χ2v) is 8.26. The van der Waals surface area contributed by atoms with Crippen LogP contribution in [-0.2, 0) is 0 Å². The number of aromatic nitrogens is 1. The number of fused-ring (bicyclic) bond motifs is 1. The summed E-state index contributed by atoms with van der Waals surface area (Å²) in [4.78, 5) is 15.1. The zero-order valence-corrected chi connectivity index (χ0v) is 17.9. The van der Waals surface area contributed by atoms with E-state index in [1.54, 1.807) is 0 Å². The first-order chi connectivity index (χ1) is 14.8. The molecule has 2 fully saturated rings. The number of pyridine rings is 1. The van der Waals surface area contributed by atoms with Gasteiger partial charge in [0.25, 0.3) is 0 Å². The predicted octanol–water partition coefficient (Wildman–Crippen LogP) is 3.70. The molecule has 5 rings (SSSR count). The molecule has 3 aromatic rings. The van der Waals surface area contributed by atoms with Crippen LogP contribution in [0.4, 0.5) is 17.3 Å². The normalized spacial score (nSPS) is 18.2. The fraction of sp³-hybridized carbons (Fsp3) is 0.400. The molecule has 0 unspecified atom stereocenters. The van der Waals surface area contributed by atoms with Gasteiger partial charge < -0.3 is 19.6 Å². The summed E-state index contributed by atoms with van der Waals surface area (Å²) >= 11 is 0. The van der Waals surface area contributed by atoms with Gasteiger partial charge in [-0.15, -0.1) is 0 Å². The zero-order valence-electron chi connectivity index (χ0n) is 17.9. The maximum absolute atomic E-state index is 5.21. The molecule has 0 aliphatic carbocycles. The van der Waals surface area contributed by atoms with Gasteiger partial charge in [0.05, 0.1) is 0 Å². The van der Waals surface area contributed by atoms with Crippen molar-refractivity contribution in [3.8, 4) is 0 Å². The van der Waals surface area contributed by atoms with Gasteiger partial charge in [0.2, 0.25) is 0 Å². The average Bonchev–Trinajstić information content (AvgIpc) is 2.84. The highest BCUT2D eigenvalue weighted by atomic mass is 15.3. The highest BCUT2D eigenvalue weighted by molar-refractivity contribution is 5.94. The number of anilines is 3. The van der Waals surface area contributed by atoms with E-state index in [-0.39, 0.29) is 0 Å². The van der Waals surface area contributed by atoms with E-state index in [0.717, 1.165) is 70.5 Å². The van der Waals surface area contributed by atoms with E-state index >= 15 is 0 Å². The van der Waals surface area contributed by atoms with Crippen LogP contribution in [0.25, 0.3) is 10.8 Å². The minimum Gasteiger partial charge on any atom is -0.368 e. The summed E-state index contributed by atoms with van der Waals surface area (Å²) in [6.45, 7) is 11.8. The van der Waals surface area contributed by atoms with Crippen molar-refractivity contribution < 1.29 is 0 Å². The van der Waals surface area contributed by atoms with Crippen molar-refractivity contribution in [3.05, 3.63) is 60.7 Å². The Balaban J connectivity index is 1.39. The van der Waals surface area contributed by atoms with E-state index < -0.39 is 0 Å². The quantitative estimate of drug-likeness (QED) is 0.664. The van der Waals surface area contributed by atoms with Crippen LogP contribution < -0.4 is 14.7 Å². The lowest BCUT2D eigenvalue weighted by atomic mass is 10.1. The molecule has 2 aliphatic rings. The first kappa shape index (κ1) is 19.2. The minimum absolute atomic E-state index is 1.00. The van der Waals surface area contributed by atoms with Crippen LogP contribution in [0.1, 0.15) is 6.92 Å². The van der Waals surface area contributed by atoms with Gasteiger partial charge in [-0.25, -0.2) is 4.98 Å². The summed E-state index contributed by atoms with van der Waals surface area (Å²) in [6.07, 6.45) is 0. The number of hydrogen-bond donors (Lipinski definition) is 0.